The maximum Gasteiger partial charge on any atom is 0.339 e. The van der Waals surface area contributed by atoms with Crippen LogP contribution in [-0.4, -0.2) is 31.4 Å². The van der Waals surface area contributed by atoms with E-state index in [0.717, 1.165) is 23.3 Å². The van der Waals surface area contributed by atoms with E-state index in [0.29, 0.717) is 28.2 Å². The first-order valence-corrected chi connectivity index (χ1v) is 11.6. The van der Waals surface area contributed by atoms with Crippen LogP contribution in [0.1, 0.15) is 46.9 Å². The molecule has 0 fully saturated rings. The van der Waals surface area contributed by atoms with Gasteiger partial charge >= 0.3 is 5.97 Å². The first kappa shape index (κ1) is 24.0. The SMILES string of the molecule is CC(C)c1c(C(=O)O)cnc2c(-c3ccc(F)c(F)c3)c(N=C(c3ccccc3)c3ccccc3)nn12. The number of halogens is 2. The van der Waals surface area contributed by atoms with Crippen LogP contribution in [0, 0.1) is 11.6 Å². The van der Waals surface area contributed by atoms with Crippen LogP contribution >= 0.6 is 0 Å². The van der Waals surface area contributed by atoms with Crippen molar-refractivity contribution < 1.29 is 18.7 Å². The van der Waals surface area contributed by atoms with Crippen LogP contribution in [0.3, 0.4) is 0 Å². The van der Waals surface area contributed by atoms with E-state index < -0.39 is 17.6 Å². The molecule has 184 valence electrons. The van der Waals surface area contributed by atoms with Gasteiger partial charge in [0.05, 0.1) is 22.5 Å². The van der Waals surface area contributed by atoms with Crippen LogP contribution in [-0.2, 0) is 0 Å². The van der Waals surface area contributed by atoms with E-state index in [2.05, 4.69) is 10.1 Å². The number of carbonyl (C=O) groups is 1. The summed E-state index contributed by atoms with van der Waals surface area (Å²) in [5.41, 5.74) is 3.65. The highest BCUT2D eigenvalue weighted by molar-refractivity contribution is 6.14. The zero-order chi connectivity index (χ0) is 26.1. The second kappa shape index (κ2) is 9.73. The molecular weight excluding hydrogens is 474 g/mol. The predicted octanol–water partition coefficient (Wildman–Crippen LogP) is 6.67. The first-order chi connectivity index (χ1) is 17.8. The number of rotatable bonds is 6. The highest BCUT2D eigenvalue weighted by Gasteiger charge is 2.25. The van der Waals surface area contributed by atoms with Crippen molar-refractivity contribution in [3.63, 3.8) is 0 Å². The predicted molar refractivity (Wildman–Crippen MR) is 138 cm³/mol. The molecule has 0 aliphatic rings. The normalized spacial score (nSPS) is 11.2. The lowest BCUT2D eigenvalue weighted by atomic mass is 10.0. The number of aliphatic imine (C=N–C) groups is 1. The molecule has 0 radical (unpaired) electrons. The van der Waals surface area contributed by atoms with Crippen LogP contribution in [0.2, 0.25) is 0 Å². The van der Waals surface area contributed by atoms with Crippen LogP contribution in [0.4, 0.5) is 14.6 Å². The minimum atomic E-state index is -1.14. The average Bonchev–Trinajstić information content (AvgIpc) is 3.27. The summed E-state index contributed by atoms with van der Waals surface area (Å²) in [4.78, 5) is 21.3. The summed E-state index contributed by atoms with van der Waals surface area (Å²) < 4.78 is 29.6. The number of hydrogen-bond acceptors (Lipinski definition) is 4. The number of carboxylic acids is 1. The van der Waals surface area contributed by atoms with Crippen molar-refractivity contribution in [3.8, 4) is 11.1 Å². The Balaban J connectivity index is 1.88. The van der Waals surface area contributed by atoms with Crippen molar-refractivity contribution in [2.75, 3.05) is 0 Å². The van der Waals surface area contributed by atoms with E-state index in [-0.39, 0.29) is 17.3 Å². The molecule has 0 amide bonds. The third-order valence-corrected chi connectivity index (χ3v) is 5.96. The topological polar surface area (TPSA) is 79.8 Å². The second-order valence-electron chi connectivity index (χ2n) is 8.77. The molecule has 37 heavy (non-hydrogen) atoms. The Labute approximate surface area is 211 Å². The van der Waals surface area contributed by atoms with E-state index in [4.69, 9.17) is 4.99 Å². The van der Waals surface area contributed by atoms with E-state index >= 15 is 0 Å². The zero-order valence-electron chi connectivity index (χ0n) is 20.1. The number of hydrogen-bond donors (Lipinski definition) is 1. The van der Waals surface area contributed by atoms with Gasteiger partial charge in [-0.1, -0.05) is 80.6 Å². The van der Waals surface area contributed by atoms with Gasteiger partial charge in [0.25, 0.3) is 0 Å². The van der Waals surface area contributed by atoms with Gasteiger partial charge in [-0.3, -0.25) is 0 Å². The third-order valence-electron chi connectivity index (χ3n) is 5.96. The number of aromatic carboxylic acids is 1. The lowest BCUT2D eigenvalue weighted by Gasteiger charge is -2.11. The Hall–Kier alpha value is -4.72. The van der Waals surface area contributed by atoms with Crippen LogP contribution in [0.15, 0.2) is 90.1 Å². The molecule has 6 nitrogen and oxygen atoms in total. The van der Waals surface area contributed by atoms with E-state index in [1.807, 2.05) is 74.5 Å². The van der Waals surface area contributed by atoms with Crippen molar-refractivity contribution in [1.82, 2.24) is 14.6 Å². The molecule has 0 aliphatic heterocycles. The van der Waals surface area contributed by atoms with Crippen molar-refractivity contribution in [2.45, 2.75) is 19.8 Å². The van der Waals surface area contributed by atoms with Gasteiger partial charge in [-0.15, -0.1) is 5.10 Å². The van der Waals surface area contributed by atoms with Gasteiger partial charge in [-0.05, 0) is 23.6 Å². The van der Waals surface area contributed by atoms with Gasteiger partial charge in [0.1, 0.15) is 0 Å². The molecule has 3 aromatic carbocycles. The quantitative estimate of drug-likeness (QED) is 0.267. The Kier molecular flexibility index (Phi) is 6.31. The molecule has 0 saturated heterocycles. The van der Waals surface area contributed by atoms with Crippen molar-refractivity contribution >= 4 is 23.1 Å². The number of aromatic nitrogens is 3. The fourth-order valence-electron chi connectivity index (χ4n) is 4.29. The molecule has 5 rings (SSSR count). The number of fused-ring (bicyclic) bond motifs is 1. The summed E-state index contributed by atoms with van der Waals surface area (Å²) in [5, 5.41) is 14.5. The van der Waals surface area contributed by atoms with E-state index in [1.165, 1.54) is 16.8 Å². The van der Waals surface area contributed by atoms with Crippen LogP contribution in [0.25, 0.3) is 16.8 Å². The third kappa shape index (κ3) is 4.49. The molecule has 1 N–H and O–H groups in total. The Bertz CT molecular complexity index is 1600. The maximum absolute atomic E-state index is 14.3. The van der Waals surface area contributed by atoms with Crippen molar-refractivity contribution in [1.29, 1.82) is 0 Å². The molecular formula is C29H22F2N4O2. The molecule has 0 bridgehead atoms. The lowest BCUT2D eigenvalue weighted by molar-refractivity contribution is 0.0693. The lowest BCUT2D eigenvalue weighted by Crippen LogP contribution is -2.11. The fourth-order valence-corrected chi connectivity index (χ4v) is 4.29. The average molecular weight is 497 g/mol. The summed E-state index contributed by atoms with van der Waals surface area (Å²) in [6, 6.07) is 22.6. The molecule has 8 heteroatoms. The summed E-state index contributed by atoms with van der Waals surface area (Å²) in [7, 11) is 0. The number of carboxylic acid groups (broad SMARTS) is 1. The highest BCUT2D eigenvalue weighted by atomic mass is 19.2. The minimum absolute atomic E-state index is 0.00343. The maximum atomic E-state index is 14.3. The molecule has 5 aromatic rings. The van der Waals surface area contributed by atoms with Gasteiger partial charge < -0.3 is 5.11 Å². The summed E-state index contributed by atoms with van der Waals surface area (Å²) in [6.45, 7) is 3.70. The van der Waals surface area contributed by atoms with Crippen LogP contribution in [0.5, 0.6) is 0 Å². The highest BCUT2D eigenvalue weighted by Crippen LogP contribution is 2.36. The molecule has 2 heterocycles. The molecule has 0 saturated carbocycles. The van der Waals surface area contributed by atoms with Gasteiger partial charge in [0.2, 0.25) is 0 Å². The number of benzene rings is 3. The van der Waals surface area contributed by atoms with Gasteiger partial charge in [-0.2, -0.15) is 0 Å². The smallest absolute Gasteiger partial charge is 0.339 e. The Morgan fingerprint density at radius 2 is 1.54 bits per heavy atom. The van der Waals surface area contributed by atoms with Crippen molar-refractivity contribution in [3.05, 3.63) is 119 Å². The molecule has 0 atom stereocenters. The molecule has 0 aliphatic carbocycles. The number of nitrogens with zero attached hydrogens (tertiary/aromatic N) is 4. The van der Waals surface area contributed by atoms with Crippen molar-refractivity contribution in [2.24, 2.45) is 4.99 Å². The van der Waals surface area contributed by atoms with Crippen LogP contribution < -0.4 is 0 Å². The second-order valence-corrected chi connectivity index (χ2v) is 8.77. The molecule has 0 spiro atoms. The molecule has 0 unspecified atom stereocenters. The minimum Gasteiger partial charge on any atom is -0.478 e. The largest absolute Gasteiger partial charge is 0.478 e. The van der Waals surface area contributed by atoms with E-state index in [1.54, 1.807) is 0 Å². The van der Waals surface area contributed by atoms with Gasteiger partial charge in [0, 0.05) is 17.3 Å². The Morgan fingerprint density at radius 1 is 0.919 bits per heavy atom. The Morgan fingerprint density at radius 3 is 2.08 bits per heavy atom. The van der Waals surface area contributed by atoms with E-state index in [9.17, 15) is 18.7 Å². The van der Waals surface area contributed by atoms with Gasteiger partial charge in [0.15, 0.2) is 23.1 Å². The zero-order valence-corrected chi connectivity index (χ0v) is 20.1. The fraction of sp³-hybridized carbons (Fsp3) is 0.103. The summed E-state index contributed by atoms with van der Waals surface area (Å²) >= 11 is 0. The summed E-state index contributed by atoms with van der Waals surface area (Å²) in [5.74, 6) is -3.17. The monoisotopic (exact) mass is 496 g/mol. The standard InChI is InChI=1S/C29H22F2N4O2/c1-17(2)26-21(29(36)37)16-32-28-24(20-13-14-22(30)23(31)15-20)27(34-35(26)28)33-25(18-9-5-3-6-10-18)19-11-7-4-8-12-19/h3-17H,1-2H3,(H,36,37). The van der Waals surface area contributed by atoms with Gasteiger partial charge in [-0.25, -0.2) is 28.1 Å². The molecule has 2 aromatic heterocycles. The first-order valence-electron chi connectivity index (χ1n) is 11.6. The summed E-state index contributed by atoms with van der Waals surface area (Å²) in [6.07, 6.45) is 1.26.